The van der Waals surface area contributed by atoms with Crippen LogP contribution in [0.1, 0.15) is 12.7 Å². The van der Waals surface area contributed by atoms with Gasteiger partial charge in [0.1, 0.15) is 18.2 Å². The summed E-state index contributed by atoms with van der Waals surface area (Å²) in [5.41, 5.74) is 0.998. The van der Waals surface area contributed by atoms with Crippen molar-refractivity contribution in [1.29, 1.82) is 0 Å². The van der Waals surface area contributed by atoms with Gasteiger partial charge in [-0.15, -0.1) is 11.8 Å². The first-order chi connectivity index (χ1) is 10.2. The van der Waals surface area contributed by atoms with E-state index in [2.05, 4.69) is 39.0 Å². The Balaban J connectivity index is 2.20. The molecule has 0 aliphatic rings. The number of anilines is 3. The maximum atomic E-state index is 5.11. The summed E-state index contributed by atoms with van der Waals surface area (Å²) in [5, 5.41) is 6.50. The molecule has 0 atom stereocenters. The van der Waals surface area contributed by atoms with Gasteiger partial charge in [-0.1, -0.05) is 0 Å². The topological polar surface area (TPSA) is 59.1 Å². The van der Waals surface area contributed by atoms with E-state index < -0.39 is 0 Å². The molecule has 0 saturated heterocycles. The van der Waals surface area contributed by atoms with Crippen molar-refractivity contribution in [3.8, 4) is 0 Å². The number of nitrogens with one attached hydrogen (secondary N) is 2. The van der Waals surface area contributed by atoms with Gasteiger partial charge < -0.3 is 15.4 Å². The highest BCUT2D eigenvalue weighted by Gasteiger charge is 2.05. The van der Waals surface area contributed by atoms with Crippen molar-refractivity contribution in [3.05, 3.63) is 36.2 Å². The summed E-state index contributed by atoms with van der Waals surface area (Å²) in [6, 6.07) is 10.1. The minimum absolute atomic E-state index is 0.388. The van der Waals surface area contributed by atoms with Crippen molar-refractivity contribution in [2.45, 2.75) is 18.4 Å². The number of aromatic nitrogens is 2. The first-order valence-corrected chi connectivity index (χ1v) is 7.99. The summed E-state index contributed by atoms with van der Waals surface area (Å²) in [4.78, 5) is 10.1. The Hall–Kier alpha value is -1.79. The van der Waals surface area contributed by atoms with Crippen LogP contribution in [0.25, 0.3) is 0 Å². The highest BCUT2D eigenvalue weighted by atomic mass is 32.2. The van der Waals surface area contributed by atoms with Crippen LogP contribution < -0.4 is 10.6 Å². The number of benzene rings is 1. The van der Waals surface area contributed by atoms with Crippen LogP contribution in [0.5, 0.6) is 0 Å². The smallest absolute Gasteiger partial charge is 0.158 e. The van der Waals surface area contributed by atoms with Crippen LogP contribution in [0, 0.1) is 0 Å². The van der Waals surface area contributed by atoms with E-state index >= 15 is 0 Å². The number of rotatable bonds is 7. The molecular weight excluding hydrogens is 284 g/mol. The number of hydrogen-bond donors (Lipinski definition) is 2. The molecule has 2 rings (SSSR count). The van der Waals surface area contributed by atoms with Crippen LogP contribution >= 0.6 is 11.8 Å². The molecule has 0 aliphatic heterocycles. The SMILES string of the molecule is CCNc1cc(Nc2ccc(SC)cc2)nc(COC)n1. The molecule has 0 saturated carbocycles. The van der Waals surface area contributed by atoms with E-state index in [0.29, 0.717) is 12.4 Å². The van der Waals surface area contributed by atoms with Crippen LogP contribution in [-0.4, -0.2) is 29.9 Å². The molecule has 0 amide bonds. The van der Waals surface area contributed by atoms with Crippen molar-refractivity contribution in [3.63, 3.8) is 0 Å². The van der Waals surface area contributed by atoms with Gasteiger partial charge in [-0.2, -0.15) is 0 Å². The van der Waals surface area contributed by atoms with E-state index in [0.717, 1.165) is 23.9 Å². The fourth-order valence-electron chi connectivity index (χ4n) is 1.85. The van der Waals surface area contributed by atoms with Gasteiger partial charge in [-0.3, -0.25) is 0 Å². The third-order valence-corrected chi connectivity index (χ3v) is 3.51. The highest BCUT2D eigenvalue weighted by Crippen LogP contribution is 2.21. The van der Waals surface area contributed by atoms with Crippen molar-refractivity contribution in [2.24, 2.45) is 0 Å². The molecule has 2 aromatic rings. The molecule has 21 heavy (non-hydrogen) atoms. The zero-order valence-electron chi connectivity index (χ0n) is 12.5. The average Bonchev–Trinajstić information content (AvgIpc) is 2.48. The standard InChI is InChI=1S/C15H20N4OS/c1-4-16-13-9-14(19-15(18-13)10-20-2)17-11-5-7-12(21-3)8-6-11/h5-9H,4,10H2,1-3H3,(H2,16,17,18,19). The zero-order valence-corrected chi connectivity index (χ0v) is 13.3. The fourth-order valence-corrected chi connectivity index (χ4v) is 2.26. The monoisotopic (exact) mass is 304 g/mol. The second-order valence-electron chi connectivity index (χ2n) is 4.37. The predicted octanol–water partition coefficient (Wildman–Crippen LogP) is 3.52. The highest BCUT2D eigenvalue weighted by molar-refractivity contribution is 7.98. The van der Waals surface area contributed by atoms with E-state index in [-0.39, 0.29) is 0 Å². The van der Waals surface area contributed by atoms with Gasteiger partial charge in [0.2, 0.25) is 0 Å². The molecule has 0 spiro atoms. The molecule has 112 valence electrons. The van der Waals surface area contributed by atoms with Crippen molar-refractivity contribution in [2.75, 3.05) is 30.5 Å². The van der Waals surface area contributed by atoms with Gasteiger partial charge in [0.25, 0.3) is 0 Å². The normalized spacial score (nSPS) is 10.4. The zero-order chi connectivity index (χ0) is 15.1. The molecule has 0 radical (unpaired) electrons. The molecule has 1 heterocycles. The third kappa shape index (κ3) is 4.61. The molecule has 5 nitrogen and oxygen atoms in total. The number of thioether (sulfide) groups is 1. The van der Waals surface area contributed by atoms with Gasteiger partial charge in [0, 0.05) is 30.3 Å². The first kappa shape index (κ1) is 15.6. The number of nitrogens with zero attached hydrogens (tertiary/aromatic N) is 2. The summed E-state index contributed by atoms with van der Waals surface area (Å²) >= 11 is 1.72. The van der Waals surface area contributed by atoms with Crippen LogP contribution in [0.3, 0.4) is 0 Å². The predicted molar refractivity (Wildman–Crippen MR) is 88.4 cm³/mol. The lowest BCUT2D eigenvalue weighted by Gasteiger charge is -2.10. The molecule has 0 fully saturated rings. The lowest BCUT2D eigenvalue weighted by atomic mass is 10.3. The van der Waals surface area contributed by atoms with Crippen LogP contribution in [0.15, 0.2) is 35.2 Å². The summed E-state index contributed by atoms with van der Waals surface area (Å²) < 4.78 is 5.11. The van der Waals surface area contributed by atoms with E-state index in [1.165, 1.54) is 4.90 Å². The Labute approximate surface area is 129 Å². The first-order valence-electron chi connectivity index (χ1n) is 6.77. The molecule has 1 aromatic heterocycles. The van der Waals surface area contributed by atoms with Crippen molar-refractivity contribution in [1.82, 2.24) is 9.97 Å². The molecule has 1 aromatic carbocycles. The number of methoxy groups -OCH3 is 1. The maximum Gasteiger partial charge on any atom is 0.158 e. The summed E-state index contributed by atoms with van der Waals surface area (Å²) in [6.45, 7) is 3.23. The van der Waals surface area contributed by atoms with Crippen LogP contribution in [0.4, 0.5) is 17.3 Å². The van der Waals surface area contributed by atoms with Gasteiger partial charge in [-0.25, -0.2) is 9.97 Å². The molecule has 0 aliphatic carbocycles. The van der Waals surface area contributed by atoms with Crippen molar-refractivity contribution < 1.29 is 4.74 Å². The van der Waals surface area contributed by atoms with E-state index in [9.17, 15) is 0 Å². The van der Waals surface area contributed by atoms with E-state index in [1.54, 1.807) is 18.9 Å². The summed E-state index contributed by atoms with van der Waals surface area (Å²) in [6.07, 6.45) is 2.06. The number of ether oxygens (including phenoxy) is 1. The molecular formula is C15H20N4OS. The fraction of sp³-hybridized carbons (Fsp3) is 0.333. The summed E-state index contributed by atoms with van der Waals surface area (Å²) in [7, 11) is 1.64. The third-order valence-electron chi connectivity index (χ3n) is 2.77. The Bertz CT molecular complexity index is 550. The summed E-state index contributed by atoms with van der Waals surface area (Å²) in [5.74, 6) is 2.20. The quantitative estimate of drug-likeness (QED) is 0.763. The average molecular weight is 304 g/mol. The molecule has 0 bridgehead atoms. The second kappa shape index (κ2) is 7.85. The molecule has 2 N–H and O–H groups in total. The van der Waals surface area contributed by atoms with Crippen LogP contribution in [0.2, 0.25) is 0 Å². The van der Waals surface area contributed by atoms with Gasteiger partial charge >= 0.3 is 0 Å². The largest absolute Gasteiger partial charge is 0.377 e. The minimum Gasteiger partial charge on any atom is -0.377 e. The lowest BCUT2D eigenvalue weighted by Crippen LogP contribution is -2.06. The number of hydrogen-bond acceptors (Lipinski definition) is 6. The lowest BCUT2D eigenvalue weighted by molar-refractivity contribution is 0.178. The van der Waals surface area contributed by atoms with Gasteiger partial charge in [0.15, 0.2) is 5.82 Å². The molecule has 0 unspecified atom stereocenters. The Morgan fingerprint density at radius 1 is 1.14 bits per heavy atom. The molecule has 6 heteroatoms. The second-order valence-corrected chi connectivity index (χ2v) is 5.25. The minimum atomic E-state index is 0.388. The Kier molecular flexibility index (Phi) is 5.83. The Morgan fingerprint density at radius 3 is 2.48 bits per heavy atom. The van der Waals surface area contributed by atoms with Crippen LogP contribution in [-0.2, 0) is 11.3 Å². The Morgan fingerprint density at radius 2 is 1.86 bits per heavy atom. The van der Waals surface area contributed by atoms with Gasteiger partial charge in [0.05, 0.1) is 0 Å². The van der Waals surface area contributed by atoms with Gasteiger partial charge in [-0.05, 0) is 37.4 Å². The van der Waals surface area contributed by atoms with Crippen molar-refractivity contribution >= 4 is 29.1 Å². The maximum absolute atomic E-state index is 5.11. The van der Waals surface area contributed by atoms with E-state index in [4.69, 9.17) is 4.74 Å². The van der Waals surface area contributed by atoms with E-state index in [1.807, 2.05) is 25.1 Å².